The van der Waals surface area contributed by atoms with E-state index >= 15 is 0 Å². The lowest BCUT2D eigenvalue weighted by Gasteiger charge is -2.34. The summed E-state index contributed by atoms with van der Waals surface area (Å²) in [7, 11) is -4.05. The van der Waals surface area contributed by atoms with Gasteiger partial charge in [-0.2, -0.15) is 4.31 Å². The summed E-state index contributed by atoms with van der Waals surface area (Å²) >= 11 is 1.59. The van der Waals surface area contributed by atoms with Gasteiger partial charge in [0, 0.05) is 31.1 Å². The van der Waals surface area contributed by atoms with Crippen molar-refractivity contribution < 1.29 is 28.3 Å². The summed E-state index contributed by atoms with van der Waals surface area (Å²) in [5, 5.41) is 27.5. The number of rotatable bonds is 16. The average Bonchev–Trinajstić information content (AvgIpc) is 3.56. The fraction of sp³-hybridized carbons (Fsp3) is 0.486. The van der Waals surface area contributed by atoms with E-state index in [1.807, 2.05) is 71.9 Å². The Kier molecular flexibility index (Phi) is 12.9. The molecule has 0 bridgehead atoms. The highest BCUT2D eigenvalue weighted by molar-refractivity contribution is 7.89. The van der Waals surface area contributed by atoms with Crippen molar-refractivity contribution in [3.63, 3.8) is 0 Å². The first-order chi connectivity index (χ1) is 23.2. The third-order valence-electron chi connectivity index (χ3n) is 8.48. The number of thiazole rings is 1. The lowest BCUT2D eigenvalue weighted by Crippen LogP contribution is -2.57. The number of carbonyl (C=O) groups is 2. The lowest BCUT2D eigenvalue weighted by atomic mass is 9.97. The van der Waals surface area contributed by atoms with Crippen molar-refractivity contribution in [3.05, 3.63) is 81.3 Å². The number of aryl methyl sites for hydroxylation is 2. The van der Waals surface area contributed by atoms with E-state index in [0.717, 1.165) is 21.1 Å². The van der Waals surface area contributed by atoms with Gasteiger partial charge in [0.2, 0.25) is 15.9 Å². The number of nitrogens with one attached hydrogen (secondary N) is 1. The molecule has 3 atom stereocenters. The molecule has 266 valence electrons. The Hall–Kier alpha value is -3.85. The molecule has 0 unspecified atom stereocenters. The fourth-order valence-electron chi connectivity index (χ4n) is 6.08. The minimum atomic E-state index is -4.05. The number of hydrogen-bond acceptors (Lipinski definition) is 9. The van der Waals surface area contributed by atoms with E-state index < -0.39 is 34.1 Å². The van der Waals surface area contributed by atoms with Gasteiger partial charge in [-0.25, -0.2) is 18.2 Å². The van der Waals surface area contributed by atoms with E-state index in [4.69, 9.17) is 5.21 Å². The summed E-state index contributed by atoms with van der Waals surface area (Å²) in [6.07, 6.45) is 0.155. The summed E-state index contributed by atoms with van der Waals surface area (Å²) in [6.45, 7) is 12.5. The monoisotopic (exact) mass is 712 g/mol. The van der Waals surface area contributed by atoms with Gasteiger partial charge in [-0.1, -0.05) is 75.3 Å². The van der Waals surface area contributed by atoms with Crippen molar-refractivity contribution >= 4 is 39.5 Å². The number of carbonyl (C=O) groups excluding carboxylic acids is 2. The number of aliphatic hydroxyl groups excluding tert-OH is 1. The number of nitrogens with zero attached hydrogens (tertiary/aromatic N) is 5. The van der Waals surface area contributed by atoms with E-state index in [-0.39, 0.29) is 42.3 Å². The highest BCUT2D eigenvalue weighted by Crippen LogP contribution is 2.24. The van der Waals surface area contributed by atoms with Crippen LogP contribution in [0.5, 0.6) is 0 Å². The molecule has 3 amide bonds. The van der Waals surface area contributed by atoms with Crippen LogP contribution in [0.2, 0.25) is 0 Å². The molecule has 0 aliphatic carbocycles. The standard InChI is InChI=1S/C35H48N6O6S2/c1-23(2)20-40(49(46,47)29-14-12-28(13-15-29)19-36-45)22-32(42)30(18-27-10-8-7-9-11-27)38-34(43)33(24(3)4)41-17-16-39(35(41)44)21-31-25(5)48-26(6)37-31/h7-15,19,23-24,30,32-33,42,45H,16-18,20-22H2,1-6H3,(H,38,43)/t30-,32+,33-/m0/s1. The van der Waals surface area contributed by atoms with Crippen LogP contribution in [-0.4, -0.2) is 100 Å². The number of aliphatic hydroxyl groups is 1. The number of urea groups is 1. The van der Waals surface area contributed by atoms with Crippen molar-refractivity contribution in [2.45, 2.75) is 77.6 Å². The molecule has 1 aliphatic heterocycles. The van der Waals surface area contributed by atoms with Gasteiger partial charge in [-0.15, -0.1) is 11.3 Å². The molecule has 0 saturated carbocycles. The van der Waals surface area contributed by atoms with Crippen LogP contribution in [0.1, 0.15) is 54.4 Å². The first-order valence-electron chi connectivity index (χ1n) is 16.5. The zero-order valence-corrected chi connectivity index (χ0v) is 30.6. The van der Waals surface area contributed by atoms with Crippen molar-refractivity contribution in [1.82, 2.24) is 24.4 Å². The number of hydrogen-bond donors (Lipinski definition) is 3. The molecule has 3 aromatic rings. The predicted octanol–water partition coefficient (Wildman–Crippen LogP) is 4.27. The molecule has 12 nitrogen and oxygen atoms in total. The van der Waals surface area contributed by atoms with Gasteiger partial charge in [0.15, 0.2) is 0 Å². The molecule has 14 heteroatoms. The van der Waals surface area contributed by atoms with Crippen LogP contribution in [-0.2, 0) is 27.8 Å². The van der Waals surface area contributed by atoms with Crippen LogP contribution in [0.4, 0.5) is 4.79 Å². The van der Waals surface area contributed by atoms with Gasteiger partial charge in [-0.05, 0) is 55.4 Å². The second-order valence-electron chi connectivity index (χ2n) is 13.2. The van der Waals surface area contributed by atoms with Crippen LogP contribution < -0.4 is 5.32 Å². The van der Waals surface area contributed by atoms with Crippen LogP contribution in [0.25, 0.3) is 0 Å². The molecule has 1 fully saturated rings. The Morgan fingerprint density at radius 2 is 1.73 bits per heavy atom. The molecule has 2 aromatic carbocycles. The average molecular weight is 713 g/mol. The molecule has 4 rings (SSSR count). The van der Waals surface area contributed by atoms with Crippen molar-refractivity contribution in [2.24, 2.45) is 17.0 Å². The highest BCUT2D eigenvalue weighted by Gasteiger charge is 2.41. The first kappa shape index (κ1) is 38.0. The summed E-state index contributed by atoms with van der Waals surface area (Å²) in [5.41, 5.74) is 2.23. The summed E-state index contributed by atoms with van der Waals surface area (Å²) in [5.74, 6) is -0.708. The molecule has 1 saturated heterocycles. The van der Waals surface area contributed by atoms with E-state index in [2.05, 4.69) is 15.5 Å². The maximum Gasteiger partial charge on any atom is 0.321 e. The fourth-order valence-corrected chi connectivity index (χ4v) is 8.53. The summed E-state index contributed by atoms with van der Waals surface area (Å²) < 4.78 is 29.0. The SMILES string of the molecule is Cc1nc(CN2CCN([C@H](C(=O)N[C@@H](Cc3ccccc3)[C@H](O)CN(CC(C)C)S(=O)(=O)c3ccc(C=NO)cc3)C(C)C)C2=O)c(C)s1. The van der Waals surface area contributed by atoms with E-state index in [1.165, 1.54) is 34.8 Å². The largest absolute Gasteiger partial charge is 0.411 e. The number of amides is 3. The summed E-state index contributed by atoms with van der Waals surface area (Å²) in [4.78, 5) is 36.7. The van der Waals surface area contributed by atoms with Crippen LogP contribution in [0.15, 0.2) is 64.6 Å². The van der Waals surface area contributed by atoms with Gasteiger partial charge < -0.3 is 25.4 Å². The zero-order chi connectivity index (χ0) is 35.9. The number of oxime groups is 1. The maximum absolute atomic E-state index is 14.1. The second kappa shape index (κ2) is 16.7. The second-order valence-corrected chi connectivity index (χ2v) is 16.6. The van der Waals surface area contributed by atoms with Gasteiger partial charge in [0.25, 0.3) is 0 Å². The van der Waals surface area contributed by atoms with Crippen LogP contribution >= 0.6 is 11.3 Å². The number of aromatic nitrogens is 1. The van der Waals surface area contributed by atoms with Crippen molar-refractivity contribution in [1.29, 1.82) is 0 Å². The van der Waals surface area contributed by atoms with Gasteiger partial charge in [-0.3, -0.25) is 4.79 Å². The summed E-state index contributed by atoms with van der Waals surface area (Å²) in [6, 6.07) is 13.4. The van der Waals surface area contributed by atoms with Gasteiger partial charge in [0.1, 0.15) is 6.04 Å². The Balaban J connectivity index is 1.57. The van der Waals surface area contributed by atoms with E-state index in [1.54, 1.807) is 21.1 Å². The van der Waals surface area contributed by atoms with Crippen molar-refractivity contribution in [2.75, 3.05) is 26.2 Å². The molecular weight excluding hydrogens is 665 g/mol. The molecule has 0 radical (unpaired) electrons. The third-order valence-corrected chi connectivity index (χ3v) is 11.3. The Labute approximate surface area is 293 Å². The van der Waals surface area contributed by atoms with Gasteiger partial charge >= 0.3 is 6.03 Å². The molecule has 1 aliphatic rings. The Morgan fingerprint density at radius 1 is 1.06 bits per heavy atom. The predicted molar refractivity (Wildman–Crippen MR) is 190 cm³/mol. The minimum Gasteiger partial charge on any atom is -0.411 e. The van der Waals surface area contributed by atoms with Crippen LogP contribution in [0.3, 0.4) is 0 Å². The van der Waals surface area contributed by atoms with Gasteiger partial charge in [0.05, 0.1) is 40.5 Å². The Bertz CT molecular complexity index is 1690. The molecule has 49 heavy (non-hydrogen) atoms. The van der Waals surface area contributed by atoms with E-state index in [0.29, 0.717) is 25.2 Å². The smallest absolute Gasteiger partial charge is 0.321 e. The topological polar surface area (TPSA) is 156 Å². The third kappa shape index (κ3) is 9.65. The highest BCUT2D eigenvalue weighted by atomic mass is 32.2. The lowest BCUT2D eigenvalue weighted by molar-refractivity contribution is -0.128. The van der Waals surface area contributed by atoms with Crippen molar-refractivity contribution in [3.8, 4) is 0 Å². The molecule has 1 aromatic heterocycles. The zero-order valence-electron chi connectivity index (χ0n) is 29.0. The Morgan fingerprint density at radius 3 is 2.31 bits per heavy atom. The molecule has 3 N–H and O–H groups in total. The maximum atomic E-state index is 14.1. The minimum absolute atomic E-state index is 0.0269. The quantitative estimate of drug-likeness (QED) is 0.114. The molecule has 0 spiro atoms. The number of benzene rings is 2. The number of sulfonamides is 1. The normalized spacial score (nSPS) is 15.9. The van der Waals surface area contributed by atoms with Crippen LogP contribution in [0, 0.1) is 25.7 Å². The molecular formula is C35H48N6O6S2. The first-order valence-corrected chi connectivity index (χ1v) is 18.7. The van der Waals surface area contributed by atoms with E-state index in [9.17, 15) is 23.1 Å². The molecule has 2 heterocycles.